The molecule has 18 heavy (non-hydrogen) atoms. The van der Waals surface area contributed by atoms with Crippen molar-refractivity contribution in [3.8, 4) is 0 Å². The molecule has 0 radical (unpaired) electrons. The van der Waals surface area contributed by atoms with Crippen LogP contribution in [0.1, 0.15) is 23.2 Å². The Labute approximate surface area is 106 Å². The lowest BCUT2D eigenvalue weighted by Gasteiger charge is -2.10. The summed E-state index contributed by atoms with van der Waals surface area (Å²) in [6.45, 7) is 5.66. The van der Waals surface area contributed by atoms with E-state index >= 15 is 0 Å². The second-order valence-electron chi connectivity index (χ2n) is 3.98. The number of hydrogen-bond acceptors (Lipinski definition) is 3. The number of rotatable bonds is 5. The Morgan fingerprint density at radius 1 is 1.33 bits per heavy atom. The van der Waals surface area contributed by atoms with Crippen molar-refractivity contribution >= 4 is 5.97 Å². The Hall–Kier alpha value is -2.04. The van der Waals surface area contributed by atoms with Crippen LogP contribution in [-0.2, 0) is 17.8 Å². The van der Waals surface area contributed by atoms with Gasteiger partial charge in [-0.2, -0.15) is 0 Å². The summed E-state index contributed by atoms with van der Waals surface area (Å²) in [6, 6.07) is 3.63. The molecule has 0 unspecified atom stereocenters. The molecule has 0 spiro atoms. The first-order valence-corrected chi connectivity index (χ1v) is 6.02. The molecular formula is C13H17N3O2. The second-order valence-corrected chi connectivity index (χ2v) is 3.98. The predicted molar refractivity (Wildman–Crippen MR) is 67.4 cm³/mol. The number of aryl methyl sites for hydroxylation is 3. The molecule has 2 aromatic heterocycles. The standard InChI is InChI=1S/C13H17N3O2/c1-3-18-13(17)12-5-4-7-16(12)10-9-15-8-6-14-11(15)2/h4-8H,3,9-10H2,1-2H3. The summed E-state index contributed by atoms with van der Waals surface area (Å²) in [7, 11) is 0. The summed E-state index contributed by atoms with van der Waals surface area (Å²) < 4.78 is 8.96. The fraction of sp³-hybridized carbons (Fsp3) is 0.385. The van der Waals surface area contributed by atoms with Gasteiger partial charge in [0.15, 0.2) is 0 Å². The van der Waals surface area contributed by atoms with Crippen LogP contribution in [-0.4, -0.2) is 26.7 Å². The average Bonchev–Trinajstić information content (AvgIpc) is 2.95. The zero-order chi connectivity index (χ0) is 13.0. The van der Waals surface area contributed by atoms with Crippen molar-refractivity contribution in [3.63, 3.8) is 0 Å². The number of imidazole rings is 1. The largest absolute Gasteiger partial charge is 0.461 e. The van der Waals surface area contributed by atoms with E-state index in [0.717, 1.165) is 18.9 Å². The molecule has 0 fully saturated rings. The highest BCUT2D eigenvalue weighted by Gasteiger charge is 2.11. The molecule has 2 aromatic rings. The van der Waals surface area contributed by atoms with Gasteiger partial charge in [0.25, 0.3) is 0 Å². The molecule has 5 nitrogen and oxygen atoms in total. The second kappa shape index (κ2) is 5.53. The smallest absolute Gasteiger partial charge is 0.354 e. The maximum Gasteiger partial charge on any atom is 0.354 e. The summed E-state index contributed by atoms with van der Waals surface area (Å²) >= 11 is 0. The zero-order valence-electron chi connectivity index (χ0n) is 10.7. The van der Waals surface area contributed by atoms with E-state index in [9.17, 15) is 4.79 Å². The molecular weight excluding hydrogens is 230 g/mol. The maximum absolute atomic E-state index is 11.7. The third kappa shape index (κ3) is 2.61. The lowest BCUT2D eigenvalue weighted by molar-refractivity contribution is 0.0513. The molecule has 0 amide bonds. The van der Waals surface area contributed by atoms with E-state index in [1.807, 2.05) is 30.0 Å². The Morgan fingerprint density at radius 3 is 2.78 bits per heavy atom. The van der Waals surface area contributed by atoms with Crippen LogP contribution in [0, 0.1) is 6.92 Å². The van der Waals surface area contributed by atoms with Gasteiger partial charge in [-0.15, -0.1) is 0 Å². The molecule has 0 atom stereocenters. The van der Waals surface area contributed by atoms with Crippen molar-refractivity contribution in [1.82, 2.24) is 14.1 Å². The molecule has 0 saturated carbocycles. The van der Waals surface area contributed by atoms with Crippen molar-refractivity contribution in [2.75, 3.05) is 6.61 Å². The van der Waals surface area contributed by atoms with Gasteiger partial charge < -0.3 is 13.9 Å². The monoisotopic (exact) mass is 247 g/mol. The molecule has 0 N–H and O–H groups in total. The maximum atomic E-state index is 11.7. The number of ether oxygens (including phenoxy) is 1. The molecule has 96 valence electrons. The van der Waals surface area contributed by atoms with Crippen LogP contribution in [0.4, 0.5) is 0 Å². The fourth-order valence-corrected chi connectivity index (χ4v) is 1.85. The summed E-state index contributed by atoms with van der Waals surface area (Å²) in [5, 5.41) is 0. The number of esters is 1. The van der Waals surface area contributed by atoms with Gasteiger partial charge in [-0.25, -0.2) is 9.78 Å². The molecule has 0 saturated heterocycles. The lowest BCUT2D eigenvalue weighted by atomic mass is 10.4. The molecule has 0 aliphatic heterocycles. The van der Waals surface area contributed by atoms with Crippen molar-refractivity contribution in [2.45, 2.75) is 26.9 Å². The minimum Gasteiger partial charge on any atom is -0.461 e. The Balaban J connectivity index is 2.04. The van der Waals surface area contributed by atoms with Gasteiger partial charge in [0.1, 0.15) is 11.5 Å². The Bertz CT molecular complexity index is 528. The number of aromatic nitrogens is 3. The minimum absolute atomic E-state index is 0.273. The molecule has 0 aromatic carbocycles. The van der Waals surface area contributed by atoms with Gasteiger partial charge in [-0.1, -0.05) is 0 Å². The van der Waals surface area contributed by atoms with Gasteiger partial charge in [0.2, 0.25) is 0 Å². The van der Waals surface area contributed by atoms with E-state index in [1.54, 1.807) is 19.2 Å². The van der Waals surface area contributed by atoms with Crippen molar-refractivity contribution in [1.29, 1.82) is 0 Å². The van der Waals surface area contributed by atoms with Crippen LogP contribution < -0.4 is 0 Å². The highest BCUT2D eigenvalue weighted by Crippen LogP contribution is 2.06. The summed E-state index contributed by atoms with van der Waals surface area (Å²) in [4.78, 5) is 15.9. The van der Waals surface area contributed by atoms with Crippen molar-refractivity contribution < 1.29 is 9.53 Å². The van der Waals surface area contributed by atoms with Gasteiger partial charge in [-0.3, -0.25) is 0 Å². The average molecular weight is 247 g/mol. The summed E-state index contributed by atoms with van der Waals surface area (Å²) in [5.74, 6) is 0.699. The highest BCUT2D eigenvalue weighted by atomic mass is 16.5. The van der Waals surface area contributed by atoms with Crippen LogP contribution in [0.3, 0.4) is 0 Å². The predicted octanol–water partition coefficient (Wildman–Crippen LogP) is 1.87. The topological polar surface area (TPSA) is 49.0 Å². The third-order valence-corrected chi connectivity index (χ3v) is 2.82. The van der Waals surface area contributed by atoms with Crippen LogP contribution in [0.25, 0.3) is 0 Å². The number of carbonyl (C=O) groups excluding carboxylic acids is 1. The fourth-order valence-electron chi connectivity index (χ4n) is 1.85. The van der Waals surface area contributed by atoms with E-state index in [1.165, 1.54) is 0 Å². The van der Waals surface area contributed by atoms with Crippen LogP contribution >= 0.6 is 0 Å². The normalized spacial score (nSPS) is 10.6. The SMILES string of the molecule is CCOC(=O)c1cccn1CCn1ccnc1C. The Morgan fingerprint density at radius 2 is 2.11 bits per heavy atom. The molecule has 2 heterocycles. The minimum atomic E-state index is -0.273. The number of hydrogen-bond donors (Lipinski definition) is 0. The Kier molecular flexibility index (Phi) is 3.82. The van der Waals surface area contributed by atoms with Gasteiger partial charge in [0, 0.05) is 31.7 Å². The highest BCUT2D eigenvalue weighted by molar-refractivity contribution is 5.87. The van der Waals surface area contributed by atoms with E-state index < -0.39 is 0 Å². The van der Waals surface area contributed by atoms with Crippen LogP contribution in [0.2, 0.25) is 0 Å². The van der Waals surface area contributed by atoms with Crippen molar-refractivity contribution in [3.05, 3.63) is 42.2 Å². The van der Waals surface area contributed by atoms with Crippen LogP contribution in [0.15, 0.2) is 30.7 Å². The van der Waals surface area contributed by atoms with E-state index in [-0.39, 0.29) is 5.97 Å². The molecule has 2 rings (SSSR count). The first-order chi connectivity index (χ1) is 8.72. The van der Waals surface area contributed by atoms with Gasteiger partial charge >= 0.3 is 5.97 Å². The van der Waals surface area contributed by atoms with Crippen LogP contribution in [0.5, 0.6) is 0 Å². The zero-order valence-corrected chi connectivity index (χ0v) is 10.7. The number of carbonyl (C=O) groups is 1. The van der Waals surface area contributed by atoms with E-state index in [0.29, 0.717) is 12.3 Å². The molecule has 5 heteroatoms. The quantitative estimate of drug-likeness (QED) is 0.758. The number of nitrogens with zero attached hydrogens (tertiary/aromatic N) is 3. The van der Waals surface area contributed by atoms with Gasteiger partial charge in [0.05, 0.1) is 6.61 Å². The molecule has 0 bridgehead atoms. The first-order valence-electron chi connectivity index (χ1n) is 6.02. The molecule has 0 aliphatic carbocycles. The lowest BCUT2D eigenvalue weighted by Crippen LogP contribution is -2.14. The van der Waals surface area contributed by atoms with E-state index in [4.69, 9.17) is 4.74 Å². The summed E-state index contributed by atoms with van der Waals surface area (Å²) in [6.07, 6.45) is 5.60. The molecule has 0 aliphatic rings. The van der Waals surface area contributed by atoms with E-state index in [2.05, 4.69) is 9.55 Å². The first kappa shape index (κ1) is 12.4. The van der Waals surface area contributed by atoms with Gasteiger partial charge in [-0.05, 0) is 26.0 Å². The van der Waals surface area contributed by atoms with Crippen molar-refractivity contribution in [2.24, 2.45) is 0 Å². The summed E-state index contributed by atoms with van der Waals surface area (Å²) in [5.41, 5.74) is 0.592. The third-order valence-electron chi connectivity index (χ3n) is 2.82.